The van der Waals surface area contributed by atoms with Crippen LogP contribution < -0.4 is 4.74 Å². The van der Waals surface area contributed by atoms with Crippen LogP contribution in [0.15, 0.2) is 45.5 Å². The first-order valence-corrected chi connectivity index (χ1v) is 7.42. The number of pyridine rings is 1. The van der Waals surface area contributed by atoms with Crippen molar-refractivity contribution < 1.29 is 9.84 Å². The van der Waals surface area contributed by atoms with Crippen LogP contribution in [0.4, 0.5) is 0 Å². The maximum absolute atomic E-state index is 10.5. The Labute approximate surface area is 128 Å². The minimum Gasteiger partial charge on any atom is -0.493 e. The summed E-state index contributed by atoms with van der Waals surface area (Å²) >= 11 is 6.76. The molecule has 5 heteroatoms. The van der Waals surface area contributed by atoms with Gasteiger partial charge in [-0.2, -0.15) is 0 Å². The number of nitrogens with zero attached hydrogens (tertiary/aromatic N) is 1. The summed E-state index contributed by atoms with van der Waals surface area (Å²) in [6.45, 7) is 2.47. The van der Waals surface area contributed by atoms with Gasteiger partial charge in [-0.3, -0.25) is 4.98 Å². The van der Waals surface area contributed by atoms with Crippen molar-refractivity contribution >= 4 is 31.9 Å². The highest BCUT2D eigenvalue weighted by Crippen LogP contribution is 2.33. The minimum atomic E-state index is -0.828. The van der Waals surface area contributed by atoms with Crippen molar-refractivity contribution in [2.24, 2.45) is 0 Å². The summed E-state index contributed by atoms with van der Waals surface area (Å²) in [6.07, 6.45) is 0.831. The lowest BCUT2D eigenvalue weighted by Gasteiger charge is -2.16. The summed E-state index contributed by atoms with van der Waals surface area (Å²) in [4.78, 5) is 4.26. The summed E-state index contributed by atoms with van der Waals surface area (Å²) in [7, 11) is 0. The van der Waals surface area contributed by atoms with Crippen molar-refractivity contribution in [1.29, 1.82) is 0 Å². The van der Waals surface area contributed by atoms with E-state index in [0.29, 0.717) is 23.6 Å². The number of benzene rings is 1. The molecule has 0 spiro atoms. The van der Waals surface area contributed by atoms with Crippen LogP contribution in [0.5, 0.6) is 5.75 Å². The molecule has 1 aromatic heterocycles. The van der Waals surface area contributed by atoms with Crippen LogP contribution in [0.3, 0.4) is 0 Å². The zero-order chi connectivity index (χ0) is 13.8. The number of hydrogen-bond acceptors (Lipinski definition) is 3. The second kappa shape index (κ2) is 6.50. The Morgan fingerprint density at radius 2 is 2.05 bits per heavy atom. The highest BCUT2D eigenvalue weighted by molar-refractivity contribution is 9.11. The molecule has 1 aromatic carbocycles. The number of aromatic nitrogens is 1. The van der Waals surface area contributed by atoms with E-state index in [2.05, 4.69) is 36.8 Å². The van der Waals surface area contributed by atoms with Gasteiger partial charge in [-0.15, -0.1) is 0 Å². The molecule has 100 valence electrons. The lowest BCUT2D eigenvalue weighted by atomic mass is 10.0. The largest absolute Gasteiger partial charge is 0.493 e. The van der Waals surface area contributed by atoms with Gasteiger partial charge in [0.2, 0.25) is 0 Å². The second-order valence-electron chi connectivity index (χ2n) is 3.89. The van der Waals surface area contributed by atoms with E-state index in [0.717, 1.165) is 8.95 Å². The number of ether oxygens (including phenoxy) is 1. The van der Waals surface area contributed by atoms with E-state index >= 15 is 0 Å². The van der Waals surface area contributed by atoms with E-state index in [4.69, 9.17) is 4.74 Å². The molecule has 0 saturated heterocycles. The molecule has 0 aliphatic carbocycles. The smallest absolute Gasteiger partial charge is 0.126 e. The third kappa shape index (κ3) is 3.35. The van der Waals surface area contributed by atoms with Crippen molar-refractivity contribution in [2.75, 3.05) is 6.61 Å². The SMILES string of the molecule is CCOc1ccccc1C(O)c1ncc(Br)cc1Br. The highest BCUT2D eigenvalue weighted by Gasteiger charge is 2.19. The summed E-state index contributed by atoms with van der Waals surface area (Å²) in [6, 6.07) is 9.29. The van der Waals surface area contributed by atoms with Crippen LogP contribution in [-0.4, -0.2) is 16.7 Å². The highest BCUT2D eigenvalue weighted by atomic mass is 79.9. The Hall–Kier alpha value is -0.910. The lowest BCUT2D eigenvalue weighted by molar-refractivity contribution is 0.206. The predicted octanol–water partition coefficient (Wildman–Crippen LogP) is 4.09. The molecule has 1 N–H and O–H groups in total. The molecule has 19 heavy (non-hydrogen) atoms. The van der Waals surface area contributed by atoms with Crippen LogP contribution in [0, 0.1) is 0 Å². The van der Waals surface area contributed by atoms with E-state index in [9.17, 15) is 5.11 Å². The van der Waals surface area contributed by atoms with E-state index in [1.54, 1.807) is 6.20 Å². The normalized spacial score (nSPS) is 12.2. The molecule has 0 saturated carbocycles. The number of rotatable bonds is 4. The van der Waals surface area contributed by atoms with Crippen molar-refractivity contribution in [2.45, 2.75) is 13.0 Å². The van der Waals surface area contributed by atoms with Gasteiger partial charge in [-0.1, -0.05) is 18.2 Å². The third-order valence-electron chi connectivity index (χ3n) is 2.61. The van der Waals surface area contributed by atoms with Gasteiger partial charge in [-0.05, 0) is 50.9 Å². The zero-order valence-corrected chi connectivity index (χ0v) is 13.5. The van der Waals surface area contributed by atoms with E-state index in [-0.39, 0.29) is 0 Å². The Morgan fingerprint density at radius 1 is 1.32 bits per heavy atom. The Kier molecular flexibility index (Phi) is 4.96. The summed E-state index contributed by atoms with van der Waals surface area (Å²) in [5.74, 6) is 0.675. The Bertz CT molecular complexity index is 575. The molecule has 0 radical (unpaired) electrons. The molecule has 0 aliphatic rings. The van der Waals surface area contributed by atoms with Gasteiger partial charge in [0.1, 0.15) is 11.9 Å². The summed E-state index contributed by atoms with van der Waals surface area (Å²) in [5.41, 5.74) is 1.27. The number of aliphatic hydroxyl groups is 1. The standard InChI is InChI=1S/C14H13Br2NO2/c1-2-19-12-6-4-3-5-10(12)14(18)13-11(16)7-9(15)8-17-13/h3-8,14,18H,2H2,1H3. The molecule has 1 heterocycles. The first-order chi connectivity index (χ1) is 9.13. The van der Waals surface area contributed by atoms with Crippen LogP contribution in [0.25, 0.3) is 0 Å². The predicted molar refractivity (Wildman–Crippen MR) is 81.3 cm³/mol. The summed E-state index contributed by atoms with van der Waals surface area (Å²) < 4.78 is 7.14. The van der Waals surface area contributed by atoms with Crippen LogP contribution in [0.2, 0.25) is 0 Å². The molecular weight excluding hydrogens is 374 g/mol. The number of para-hydroxylation sites is 1. The molecule has 0 aliphatic heterocycles. The van der Waals surface area contributed by atoms with Crippen molar-refractivity contribution in [3.05, 3.63) is 56.7 Å². The minimum absolute atomic E-state index is 0.554. The molecule has 2 rings (SSSR count). The fourth-order valence-corrected chi connectivity index (χ4v) is 2.97. The number of aliphatic hydroxyl groups excluding tert-OH is 1. The Balaban J connectivity index is 2.41. The van der Waals surface area contributed by atoms with Gasteiger partial charge in [-0.25, -0.2) is 0 Å². The van der Waals surface area contributed by atoms with Crippen LogP contribution >= 0.6 is 31.9 Å². The number of hydrogen-bond donors (Lipinski definition) is 1. The Morgan fingerprint density at radius 3 is 2.74 bits per heavy atom. The van der Waals surface area contributed by atoms with Gasteiger partial charge in [0, 0.05) is 20.7 Å². The zero-order valence-electron chi connectivity index (χ0n) is 10.3. The average Bonchev–Trinajstić information content (AvgIpc) is 2.39. The molecule has 0 amide bonds. The first-order valence-electron chi connectivity index (χ1n) is 5.84. The monoisotopic (exact) mass is 385 g/mol. The fraction of sp³-hybridized carbons (Fsp3) is 0.214. The molecule has 2 aromatic rings. The fourth-order valence-electron chi connectivity index (χ4n) is 1.77. The summed E-state index contributed by atoms with van der Waals surface area (Å²) in [5, 5.41) is 10.5. The van der Waals surface area contributed by atoms with E-state index in [1.807, 2.05) is 37.3 Å². The molecule has 1 atom stereocenters. The van der Waals surface area contributed by atoms with Gasteiger partial charge in [0.15, 0.2) is 0 Å². The first kappa shape index (κ1) is 14.5. The van der Waals surface area contributed by atoms with Gasteiger partial charge in [0.05, 0.1) is 12.3 Å². The lowest BCUT2D eigenvalue weighted by Crippen LogP contribution is -2.06. The third-order valence-corrected chi connectivity index (χ3v) is 3.68. The molecular formula is C14H13Br2NO2. The molecule has 0 fully saturated rings. The molecule has 0 bridgehead atoms. The molecule has 3 nitrogen and oxygen atoms in total. The van der Waals surface area contributed by atoms with E-state index < -0.39 is 6.10 Å². The maximum atomic E-state index is 10.5. The van der Waals surface area contributed by atoms with Crippen molar-refractivity contribution in [3.8, 4) is 5.75 Å². The molecule has 1 unspecified atom stereocenters. The second-order valence-corrected chi connectivity index (χ2v) is 5.66. The van der Waals surface area contributed by atoms with Gasteiger partial charge < -0.3 is 9.84 Å². The average molecular weight is 387 g/mol. The van der Waals surface area contributed by atoms with Crippen molar-refractivity contribution in [1.82, 2.24) is 4.98 Å². The van der Waals surface area contributed by atoms with Crippen LogP contribution in [-0.2, 0) is 0 Å². The van der Waals surface area contributed by atoms with Crippen LogP contribution in [0.1, 0.15) is 24.3 Å². The maximum Gasteiger partial charge on any atom is 0.126 e. The topological polar surface area (TPSA) is 42.4 Å². The van der Waals surface area contributed by atoms with Crippen molar-refractivity contribution in [3.63, 3.8) is 0 Å². The van der Waals surface area contributed by atoms with Gasteiger partial charge in [0.25, 0.3) is 0 Å². The quantitative estimate of drug-likeness (QED) is 0.860. The number of halogens is 2. The van der Waals surface area contributed by atoms with Gasteiger partial charge >= 0.3 is 0 Å². The van der Waals surface area contributed by atoms with E-state index in [1.165, 1.54) is 0 Å².